The second-order valence-electron chi connectivity index (χ2n) is 7.05. The van der Waals surface area contributed by atoms with Crippen LogP contribution in [0.15, 0.2) is 18.2 Å². The van der Waals surface area contributed by atoms with Gasteiger partial charge in [-0.2, -0.15) is 0 Å². The fourth-order valence-corrected chi connectivity index (χ4v) is 3.84. The summed E-state index contributed by atoms with van der Waals surface area (Å²) in [7, 11) is 0. The number of anilines is 1. The van der Waals surface area contributed by atoms with E-state index in [0.717, 1.165) is 24.1 Å². The second-order valence-corrected chi connectivity index (χ2v) is 7.05. The lowest BCUT2D eigenvalue weighted by Gasteiger charge is -2.31. The van der Waals surface area contributed by atoms with Crippen LogP contribution in [0, 0.1) is 19.8 Å². The summed E-state index contributed by atoms with van der Waals surface area (Å²) in [6, 6.07) is 6.36. The Labute approximate surface area is 138 Å². The van der Waals surface area contributed by atoms with E-state index in [4.69, 9.17) is 0 Å². The molecule has 4 heteroatoms. The van der Waals surface area contributed by atoms with Crippen molar-refractivity contribution < 1.29 is 9.59 Å². The molecule has 0 radical (unpaired) electrons. The van der Waals surface area contributed by atoms with Crippen molar-refractivity contribution in [2.24, 2.45) is 5.92 Å². The molecule has 1 aliphatic heterocycles. The van der Waals surface area contributed by atoms with Gasteiger partial charge in [0.15, 0.2) is 0 Å². The molecule has 1 saturated carbocycles. The van der Waals surface area contributed by atoms with E-state index < -0.39 is 0 Å². The van der Waals surface area contributed by atoms with E-state index in [-0.39, 0.29) is 17.7 Å². The predicted octanol–water partition coefficient (Wildman–Crippen LogP) is 3.42. The molecule has 0 spiro atoms. The number of hydrogen-bond acceptors (Lipinski definition) is 2. The summed E-state index contributed by atoms with van der Waals surface area (Å²) in [6.07, 6.45) is 6.22. The van der Waals surface area contributed by atoms with E-state index in [1.165, 1.54) is 24.8 Å². The molecule has 2 aliphatic rings. The molecule has 1 heterocycles. The Morgan fingerprint density at radius 2 is 1.91 bits per heavy atom. The summed E-state index contributed by atoms with van der Waals surface area (Å²) in [5.41, 5.74) is 3.09. The minimum atomic E-state index is -0.217. The summed E-state index contributed by atoms with van der Waals surface area (Å²) in [5, 5.41) is 3.01. The minimum absolute atomic E-state index is 0.0244. The normalized spacial score (nSPS) is 22.4. The number of nitrogens with one attached hydrogen (secondary N) is 1. The number of aryl methyl sites for hydroxylation is 2. The highest BCUT2D eigenvalue weighted by atomic mass is 16.2. The molecule has 1 aromatic carbocycles. The Morgan fingerprint density at radius 1 is 1.17 bits per heavy atom. The SMILES string of the molecule is Cc1ccc(NC(=O)[C@@H]2CC(=O)N(C3CCCCC3)C2)c(C)c1. The van der Waals surface area contributed by atoms with E-state index in [1.807, 2.05) is 30.9 Å². The zero-order valence-corrected chi connectivity index (χ0v) is 14.1. The first-order chi connectivity index (χ1) is 11.0. The van der Waals surface area contributed by atoms with Gasteiger partial charge in [0.2, 0.25) is 11.8 Å². The molecule has 23 heavy (non-hydrogen) atoms. The molecule has 124 valence electrons. The van der Waals surface area contributed by atoms with Crippen LogP contribution in [0.2, 0.25) is 0 Å². The first-order valence-corrected chi connectivity index (χ1v) is 8.72. The molecule has 1 N–H and O–H groups in total. The van der Waals surface area contributed by atoms with Crippen LogP contribution in [0.25, 0.3) is 0 Å². The number of carbonyl (C=O) groups excluding carboxylic acids is 2. The van der Waals surface area contributed by atoms with Crippen LogP contribution >= 0.6 is 0 Å². The predicted molar refractivity (Wildman–Crippen MR) is 91.2 cm³/mol. The third kappa shape index (κ3) is 3.57. The number of nitrogens with zero attached hydrogens (tertiary/aromatic N) is 1. The Morgan fingerprint density at radius 3 is 2.61 bits per heavy atom. The maximum absolute atomic E-state index is 12.5. The lowest BCUT2D eigenvalue weighted by molar-refractivity contribution is -0.130. The third-order valence-electron chi connectivity index (χ3n) is 5.18. The average molecular weight is 314 g/mol. The molecular weight excluding hydrogens is 288 g/mol. The summed E-state index contributed by atoms with van der Waals surface area (Å²) in [4.78, 5) is 26.8. The first-order valence-electron chi connectivity index (χ1n) is 8.72. The Balaban J connectivity index is 1.63. The molecule has 1 aliphatic carbocycles. The summed E-state index contributed by atoms with van der Waals surface area (Å²) >= 11 is 0. The van der Waals surface area contributed by atoms with Gasteiger partial charge in [0.1, 0.15) is 0 Å². The number of carbonyl (C=O) groups is 2. The number of benzene rings is 1. The first kappa shape index (κ1) is 16.0. The summed E-state index contributed by atoms with van der Waals surface area (Å²) in [5.74, 6) is -0.0913. The molecule has 4 nitrogen and oxygen atoms in total. The van der Waals surface area contributed by atoms with E-state index in [1.54, 1.807) is 0 Å². The van der Waals surface area contributed by atoms with Crippen LogP contribution < -0.4 is 5.32 Å². The van der Waals surface area contributed by atoms with Crippen LogP contribution in [0.4, 0.5) is 5.69 Å². The molecular formula is C19H26N2O2. The van der Waals surface area contributed by atoms with Crippen molar-refractivity contribution in [1.29, 1.82) is 0 Å². The summed E-state index contributed by atoms with van der Waals surface area (Å²) in [6.45, 7) is 4.62. The highest BCUT2D eigenvalue weighted by Crippen LogP contribution is 2.29. The number of rotatable bonds is 3. The largest absolute Gasteiger partial charge is 0.339 e. The molecule has 1 saturated heterocycles. The van der Waals surface area contributed by atoms with Crippen LogP contribution in [-0.4, -0.2) is 29.3 Å². The van der Waals surface area contributed by atoms with Gasteiger partial charge >= 0.3 is 0 Å². The van der Waals surface area contributed by atoms with Crippen molar-refractivity contribution in [3.05, 3.63) is 29.3 Å². The van der Waals surface area contributed by atoms with Gasteiger partial charge in [0, 0.05) is 24.7 Å². The van der Waals surface area contributed by atoms with Gasteiger partial charge in [0.25, 0.3) is 0 Å². The van der Waals surface area contributed by atoms with Crippen LogP contribution in [0.1, 0.15) is 49.7 Å². The van der Waals surface area contributed by atoms with Crippen molar-refractivity contribution in [3.8, 4) is 0 Å². The second kappa shape index (κ2) is 6.73. The van der Waals surface area contributed by atoms with Gasteiger partial charge < -0.3 is 10.2 Å². The highest BCUT2D eigenvalue weighted by molar-refractivity contribution is 5.97. The lowest BCUT2D eigenvalue weighted by Crippen LogP contribution is -2.38. The molecule has 0 unspecified atom stereocenters. The zero-order valence-electron chi connectivity index (χ0n) is 14.1. The van der Waals surface area contributed by atoms with Gasteiger partial charge in [0.05, 0.1) is 5.92 Å². The van der Waals surface area contributed by atoms with Crippen molar-refractivity contribution in [2.75, 3.05) is 11.9 Å². The van der Waals surface area contributed by atoms with Crippen molar-refractivity contribution >= 4 is 17.5 Å². The quantitative estimate of drug-likeness (QED) is 0.929. The summed E-state index contributed by atoms with van der Waals surface area (Å²) < 4.78 is 0. The molecule has 1 atom stereocenters. The highest BCUT2D eigenvalue weighted by Gasteiger charge is 2.38. The molecule has 0 aromatic heterocycles. The molecule has 0 bridgehead atoms. The molecule has 3 rings (SSSR count). The van der Waals surface area contributed by atoms with Gasteiger partial charge in [-0.25, -0.2) is 0 Å². The monoisotopic (exact) mass is 314 g/mol. The topological polar surface area (TPSA) is 49.4 Å². The van der Waals surface area contributed by atoms with Crippen molar-refractivity contribution in [1.82, 2.24) is 4.90 Å². The number of likely N-dealkylation sites (tertiary alicyclic amines) is 1. The van der Waals surface area contributed by atoms with E-state index in [9.17, 15) is 9.59 Å². The fraction of sp³-hybridized carbons (Fsp3) is 0.579. The average Bonchev–Trinajstić information content (AvgIpc) is 2.93. The lowest BCUT2D eigenvalue weighted by atomic mass is 9.94. The zero-order chi connectivity index (χ0) is 16.4. The number of amides is 2. The van der Waals surface area contributed by atoms with Gasteiger partial charge in [-0.3, -0.25) is 9.59 Å². The Hall–Kier alpha value is -1.84. The van der Waals surface area contributed by atoms with Gasteiger partial charge in [-0.1, -0.05) is 37.0 Å². The van der Waals surface area contributed by atoms with Crippen molar-refractivity contribution in [3.63, 3.8) is 0 Å². The molecule has 2 fully saturated rings. The molecule has 2 amide bonds. The minimum Gasteiger partial charge on any atom is -0.339 e. The number of hydrogen-bond donors (Lipinski definition) is 1. The van der Waals surface area contributed by atoms with Crippen LogP contribution in [0.3, 0.4) is 0 Å². The van der Waals surface area contributed by atoms with E-state index in [0.29, 0.717) is 19.0 Å². The van der Waals surface area contributed by atoms with Gasteiger partial charge in [-0.15, -0.1) is 0 Å². The van der Waals surface area contributed by atoms with E-state index >= 15 is 0 Å². The fourth-order valence-electron chi connectivity index (χ4n) is 3.84. The smallest absolute Gasteiger partial charge is 0.229 e. The Bertz CT molecular complexity index is 605. The Kier molecular flexibility index (Phi) is 4.69. The maximum atomic E-state index is 12.5. The standard InChI is InChI=1S/C19H26N2O2/c1-13-8-9-17(14(2)10-13)20-19(23)15-11-18(22)21(12-15)16-6-4-3-5-7-16/h8-10,15-16H,3-7,11-12H2,1-2H3,(H,20,23)/t15-/m1/s1. The van der Waals surface area contributed by atoms with Crippen LogP contribution in [-0.2, 0) is 9.59 Å². The molecule has 1 aromatic rings. The maximum Gasteiger partial charge on any atom is 0.229 e. The van der Waals surface area contributed by atoms with Crippen LogP contribution in [0.5, 0.6) is 0 Å². The van der Waals surface area contributed by atoms with E-state index in [2.05, 4.69) is 11.4 Å². The van der Waals surface area contributed by atoms with Crippen molar-refractivity contribution in [2.45, 2.75) is 58.4 Å². The third-order valence-corrected chi connectivity index (χ3v) is 5.18. The van der Waals surface area contributed by atoms with Gasteiger partial charge in [-0.05, 0) is 38.3 Å².